The van der Waals surface area contributed by atoms with Crippen molar-refractivity contribution in [2.75, 3.05) is 18.1 Å². The second-order valence-electron chi connectivity index (χ2n) is 3.23. The summed E-state index contributed by atoms with van der Waals surface area (Å²) in [4.78, 5) is 13.3. The van der Waals surface area contributed by atoms with Crippen LogP contribution in [0.1, 0.15) is 19.4 Å². The highest BCUT2D eigenvalue weighted by Gasteiger charge is 2.15. The van der Waals surface area contributed by atoms with Crippen LogP contribution in [0.4, 0.5) is 10.5 Å². The van der Waals surface area contributed by atoms with Gasteiger partial charge in [-0.25, -0.2) is 4.79 Å². The molecular weight excluding hydrogens is 190 g/mol. The van der Waals surface area contributed by atoms with E-state index in [1.54, 1.807) is 4.90 Å². The van der Waals surface area contributed by atoms with Gasteiger partial charge in [0.05, 0.1) is 6.61 Å². The fourth-order valence-corrected chi connectivity index (χ4v) is 1.47. The molecular formula is C12H17NO2. The Bertz CT molecular complexity index is 336. The van der Waals surface area contributed by atoms with Crippen LogP contribution >= 0.6 is 0 Å². The minimum atomic E-state index is -0.283. The van der Waals surface area contributed by atoms with Crippen molar-refractivity contribution in [1.82, 2.24) is 0 Å². The largest absolute Gasteiger partial charge is 0.449 e. The van der Waals surface area contributed by atoms with Crippen molar-refractivity contribution in [3.05, 3.63) is 29.8 Å². The molecule has 15 heavy (non-hydrogen) atoms. The van der Waals surface area contributed by atoms with E-state index in [-0.39, 0.29) is 6.09 Å². The Balaban J connectivity index is 2.92. The lowest BCUT2D eigenvalue weighted by Crippen LogP contribution is -2.31. The molecule has 0 saturated heterocycles. The van der Waals surface area contributed by atoms with E-state index in [4.69, 9.17) is 4.74 Å². The minimum absolute atomic E-state index is 0.283. The van der Waals surface area contributed by atoms with E-state index in [2.05, 4.69) is 0 Å². The number of ether oxygens (including phenoxy) is 1. The van der Waals surface area contributed by atoms with Gasteiger partial charge in [0, 0.05) is 12.2 Å². The highest BCUT2D eigenvalue weighted by Crippen LogP contribution is 2.19. The Morgan fingerprint density at radius 1 is 1.33 bits per heavy atom. The Kier molecular flexibility index (Phi) is 4.16. The van der Waals surface area contributed by atoms with Crippen molar-refractivity contribution >= 4 is 11.8 Å². The average Bonchev–Trinajstić information content (AvgIpc) is 2.22. The molecule has 82 valence electrons. The SMILES string of the molecule is CCOC(=O)N(CC)c1ccccc1C. The molecule has 1 rings (SSSR count). The van der Waals surface area contributed by atoms with Crippen LogP contribution < -0.4 is 4.90 Å². The highest BCUT2D eigenvalue weighted by molar-refractivity contribution is 5.88. The molecule has 1 aromatic carbocycles. The summed E-state index contributed by atoms with van der Waals surface area (Å²) in [5.41, 5.74) is 1.99. The molecule has 0 unspecified atom stereocenters. The van der Waals surface area contributed by atoms with E-state index in [1.807, 2.05) is 45.0 Å². The molecule has 0 N–H and O–H groups in total. The Labute approximate surface area is 90.7 Å². The number of anilines is 1. The summed E-state index contributed by atoms with van der Waals surface area (Å²) >= 11 is 0. The summed E-state index contributed by atoms with van der Waals surface area (Å²) in [6.45, 7) is 6.75. The summed E-state index contributed by atoms with van der Waals surface area (Å²) in [6.07, 6.45) is -0.283. The maximum absolute atomic E-state index is 11.6. The van der Waals surface area contributed by atoms with Crippen LogP contribution in [0.5, 0.6) is 0 Å². The van der Waals surface area contributed by atoms with E-state index in [0.29, 0.717) is 13.2 Å². The molecule has 0 saturated carbocycles. The third-order valence-electron chi connectivity index (χ3n) is 2.21. The third-order valence-corrected chi connectivity index (χ3v) is 2.21. The summed E-state index contributed by atoms with van der Waals surface area (Å²) in [6, 6.07) is 7.79. The molecule has 0 bridgehead atoms. The molecule has 0 heterocycles. The molecule has 3 heteroatoms. The first-order valence-corrected chi connectivity index (χ1v) is 5.20. The number of hydrogen-bond donors (Lipinski definition) is 0. The van der Waals surface area contributed by atoms with Crippen molar-refractivity contribution in [2.45, 2.75) is 20.8 Å². The molecule has 0 aliphatic carbocycles. The molecule has 1 aromatic rings. The number of para-hydroxylation sites is 1. The number of carbonyl (C=O) groups excluding carboxylic acids is 1. The maximum Gasteiger partial charge on any atom is 0.414 e. The van der Waals surface area contributed by atoms with Gasteiger partial charge in [-0.3, -0.25) is 4.90 Å². The lowest BCUT2D eigenvalue weighted by atomic mass is 10.2. The fourth-order valence-electron chi connectivity index (χ4n) is 1.47. The number of hydrogen-bond acceptors (Lipinski definition) is 2. The topological polar surface area (TPSA) is 29.5 Å². The second-order valence-corrected chi connectivity index (χ2v) is 3.23. The van der Waals surface area contributed by atoms with Gasteiger partial charge in [0.15, 0.2) is 0 Å². The summed E-state index contributed by atoms with van der Waals surface area (Å²) in [5, 5.41) is 0. The molecule has 1 amide bonds. The number of amides is 1. The molecule has 0 aromatic heterocycles. The van der Waals surface area contributed by atoms with Crippen LogP contribution in [0, 0.1) is 6.92 Å². The standard InChI is InChI=1S/C12H17NO2/c1-4-13(12(14)15-5-2)11-9-7-6-8-10(11)3/h6-9H,4-5H2,1-3H3. The smallest absolute Gasteiger partial charge is 0.414 e. The van der Waals surface area contributed by atoms with Gasteiger partial charge in [0.25, 0.3) is 0 Å². The Morgan fingerprint density at radius 3 is 2.53 bits per heavy atom. The monoisotopic (exact) mass is 207 g/mol. The lowest BCUT2D eigenvalue weighted by molar-refractivity contribution is 0.160. The Morgan fingerprint density at radius 2 is 2.00 bits per heavy atom. The van der Waals surface area contributed by atoms with E-state index >= 15 is 0 Å². The van der Waals surface area contributed by atoms with Crippen molar-refractivity contribution in [3.63, 3.8) is 0 Å². The number of nitrogens with zero attached hydrogens (tertiary/aromatic N) is 1. The predicted molar refractivity (Wildman–Crippen MR) is 61.2 cm³/mol. The van der Waals surface area contributed by atoms with Crippen LogP contribution in [0.25, 0.3) is 0 Å². The van der Waals surface area contributed by atoms with Crippen molar-refractivity contribution in [2.24, 2.45) is 0 Å². The zero-order chi connectivity index (χ0) is 11.3. The first-order valence-electron chi connectivity index (χ1n) is 5.20. The molecule has 0 radical (unpaired) electrons. The first-order chi connectivity index (χ1) is 7.20. The van der Waals surface area contributed by atoms with Gasteiger partial charge < -0.3 is 4.74 Å². The quantitative estimate of drug-likeness (QED) is 0.762. The number of benzene rings is 1. The van der Waals surface area contributed by atoms with Crippen LogP contribution in [0.3, 0.4) is 0 Å². The molecule has 3 nitrogen and oxygen atoms in total. The second kappa shape index (κ2) is 5.39. The van der Waals surface area contributed by atoms with Gasteiger partial charge in [-0.05, 0) is 32.4 Å². The van der Waals surface area contributed by atoms with E-state index in [1.165, 1.54) is 0 Å². The predicted octanol–water partition coefficient (Wildman–Crippen LogP) is 2.98. The van der Waals surface area contributed by atoms with Crippen LogP contribution in [0.2, 0.25) is 0 Å². The molecule has 0 aliphatic heterocycles. The number of rotatable bonds is 3. The summed E-state index contributed by atoms with van der Waals surface area (Å²) in [5.74, 6) is 0. The fraction of sp³-hybridized carbons (Fsp3) is 0.417. The number of aryl methyl sites for hydroxylation is 1. The maximum atomic E-state index is 11.6. The summed E-state index contributed by atoms with van der Waals surface area (Å²) in [7, 11) is 0. The first kappa shape index (κ1) is 11.6. The van der Waals surface area contributed by atoms with Crippen molar-refractivity contribution < 1.29 is 9.53 Å². The summed E-state index contributed by atoms with van der Waals surface area (Å²) < 4.78 is 4.99. The zero-order valence-electron chi connectivity index (χ0n) is 9.49. The molecule has 0 fully saturated rings. The molecule has 0 atom stereocenters. The van der Waals surface area contributed by atoms with Gasteiger partial charge in [0.2, 0.25) is 0 Å². The highest BCUT2D eigenvalue weighted by atomic mass is 16.6. The van der Waals surface area contributed by atoms with Gasteiger partial charge in [-0.1, -0.05) is 18.2 Å². The van der Waals surface area contributed by atoms with Crippen LogP contribution in [-0.4, -0.2) is 19.2 Å². The van der Waals surface area contributed by atoms with E-state index in [9.17, 15) is 4.79 Å². The zero-order valence-corrected chi connectivity index (χ0v) is 9.49. The van der Waals surface area contributed by atoms with Gasteiger partial charge >= 0.3 is 6.09 Å². The molecule has 0 aliphatic rings. The average molecular weight is 207 g/mol. The third kappa shape index (κ3) is 2.72. The van der Waals surface area contributed by atoms with Crippen molar-refractivity contribution in [1.29, 1.82) is 0 Å². The Hall–Kier alpha value is -1.51. The normalized spacial score (nSPS) is 9.80. The number of carbonyl (C=O) groups is 1. The lowest BCUT2D eigenvalue weighted by Gasteiger charge is -2.21. The van der Waals surface area contributed by atoms with Gasteiger partial charge in [-0.2, -0.15) is 0 Å². The van der Waals surface area contributed by atoms with Gasteiger partial charge in [0.1, 0.15) is 0 Å². The van der Waals surface area contributed by atoms with E-state index < -0.39 is 0 Å². The minimum Gasteiger partial charge on any atom is -0.449 e. The van der Waals surface area contributed by atoms with Gasteiger partial charge in [-0.15, -0.1) is 0 Å². The van der Waals surface area contributed by atoms with E-state index in [0.717, 1.165) is 11.3 Å². The van der Waals surface area contributed by atoms with Crippen LogP contribution in [-0.2, 0) is 4.74 Å². The van der Waals surface area contributed by atoms with Crippen LogP contribution in [0.15, 0.2) is 24.3 Å². The molecule has 0 spiro atoms. The van der Waals surface area contributed by atoms with Crippen molar-refractivity contribution in [3.8, 4) is 0 Å².